The Bertz CT molecular complexity index is 795. The standard InChI is InChI=1S/C18H21N5O2/c1-13-19-20-16-15(18(25)21-9-5-6-10-21)23(12-11-22(13)16)17(24)14-7-3-2-4-8-14/h2-4,7-8,15H,5-6,9-12H2,1H3. The number of hydrogen-bond donors (Lipinski definition) is 0. The van der Waals surface area contributed by atoms with Gasteiger partial charge in [-0.3, -0.25) is 9.59 Å². The number of fused-ring (bicyclic) bond motifs is 1. The van der Waals surface area contributed by atoms with Crippen LogP contribution in [-0.2, 0) is 11.3 Å². The van der Waals surface area contributed by atoms with Gasteiger partial charge in [0.05, 0.1) is 0 Å². The molecular formula is C18H21N5O2. The Morgan fingerprint density at radius 3 is 2.44 bits per heavy atom. The van der Waals surface area contributed by atoms with Crippen molar-refractivity contribution in [2.24, 2.45) is 0 Å². The molecule has 0 saturated carbocycles. The van der Waals surface area contributed by atoms with E-state index in [-0.39, 0.29) is 11.8 Å². The summed E-state index contributed by atoms with van der Waals surface area (Å²) in [5, 5.41) is 8.36. The van der Waals surface area contributed by atoms with Crippen LogP contribution in [0.3, 0.4) is 0 Å². The van der Waals surface area contributed by atoms with E-state index in [1.165, 1.54) is 0 Å². The van der Waals surface area contributed by atoms with E-state index < -0.39 is 6.04 Å². The van der Waals surface area contributed by atoms with Crippen LogP contribution in [0.15, 0.2) is 30.3 Å². The average Bonchev–Trinajstić information content (AvgIpc) is 3.31. The van der Waals surface area contributed by atoms with E-state index in [2.05, 4.69) is 10.2 Å². The van der Waals surface area contributed by atoms with Crippen molar-refractivity contribution >= 4 is 11.8 Å². The summed E-state index contributed by atoms with van der Waals surface area (Å²) in [7, 11) is 0. The van der Waals surface area contributed by atoms with Crippen molar-refractivity contribution in [2.75, 3.05) is 19.6 Å². The molecule has 7 heteroatoms. The zero-order valence-corrected chi connectivity index (χ0v) is 14.3. The van der Waals surface area contributed by atoms with E-state index in [0.29, 0.717) is 24.5 Å². The molecule has 1 fully saturated rings. The Hall–Kier alpha value is -2.70. The van der Waals surface area contributed by atoms with Gasteiger partial charge in [0.2, 0.25) is 0 Å². The molecule has 130 valence electrons. The number of hydrogen-bond acceptors (Lipinski definition) is 4. The second-order valence-electron chi connectivity index (χ2n) is 6.56. The van der Waals surface area contributed by atoms with Gasteiger partial charge in [-0.05, 0) is 31.9 Å². The molecule has 0 bridgehead atoms. The van der Waals surface area contributed by atoms with Crippen LogP contribution in [0.2, 0.25) is 0 Å². The monoisotopic (exact) mass is 339 g/mol. The van der Waals surface area contributed by atoms with E-state index in [4.69, 9.17) is 0 Å². The van der Waals surface area contributed by atoms with E-state index in [9.17, 15) is 9.59 Å². The number of amides is 2. The summed E-state index contributed by atoms with van der Waals surface area (Å²) in [6.45, 7) is 4.45. The number of nitrogens with zero attached hydrogens (tertiary/aromatic N) is 5. The maximum Gasteiger partial charge on any atom is 0.254 e. The summed E-state index contributed by atoms with van der Waals surface area (Å²) in [5.74, 6) is 1.17. The van der Waals surface area contributed by atoms with Gasteiger partial charge in [-0.1, -0.05) is 18.2 Å². The van der Waals surface area contributed by atoms with Crippen molar-refractivity contribution in [3.63, 3.8) is 0 Å². The molecule has 2 aliphatic rings. The summed E-state index contributed by atoms with van der Waals surface area (Å²) < 4.78 is 1.95. The van der Waals surface area contributed by atoms with Crippen molar-refractivity contribution in [1.29, 1.82) is 0 Å². The lowest BCUT2D eigenvalue weighted by atomic mass is 10.1. The van der Waals surface area contributed by atoms with Crippen molar-refractivity contribution in [3.8, 4) is 0 Å². The summed E-state index contributed by atoms with van der Waals surface area (Å²) >= 11 is 0. The van der Waals surface area contributed by atoms with E-state index >= 15 is 0 Å². The van der Waals surface area contributed by atoms with Gasteiger partial charge in [0.25, 0.3) is 11.8 Å². The normalized spacial score (nSPS) is 19.8. The van der Waals surface area contributed by atoms with E-state index in [1.54, 1.807) is 17.0 Å². The molecule has 2 aromatic rings. The molecule has 3 heterocycles. The molecule has 1 aromatic heterocycles. The van der Waals surface area contributed by atoms with Crippen molar-refractivity contribution < 1.29 is 9.59 Å². The molecule has 0 aliphatic carbocycles. The molecule has 0 spiro atoms. The van der Waals surface area contributed by atoms with Gasteiger partial charge in [0.1, 0.15) is 5.82 Å². The third-order valence-electron chi connectivity index (χ3n) is 5.02. The third-order valence-corrected chi connectivity index (χ3v) is 5.02. The van der Waals surface area contributed by atoms with Crippen LogP contribution in [-0.4, -0.2) is 56.0 Å². The van der Waals surface area contributed by atoms with Crippen LogP contribution in [0.1, 0.15) is 40.9 Å². The molecule has 1 aromatic carbocycles. The fourth-order valence-electron chi connectivity index (χ4n) is 3.67. The topological polar surface area (TPSA) is 71.3 Å². The van der Waals surface area contributed by atoms with Gasteiger partial charge in [-0.2, -0.15) is 0 Å². The number of aryl methyl sites for hydroxylation is 1. The highest BCUT2D eigenvalue weighted by atomic mass is 16.2. The molecule has 4 rings (SSSR count). The van der Waals surface area contributed by atoms with Crippen molar-refractivity contribution in [2.45, 2.75) is 32.4 Å². The largest absolute Gasteiger partial charge is 0.340 e. The lowest BCUT2D eigenvalue weighted by Gasteiger charge is -2.36. The minimum Gasteiger partial charge on any atom is -0.340 e. The van der Waals surface area contributed by atoms with Gasteiger partial charge in [0, 0.05) is 31.7 Å². The maximum absolute atomic E-state index is 13.2. The van der Waals surface area contributed by atoms with Crippen molar-refractivity contribution in [1.82, 2.24) is 24.6 Å². The number of benzene rings is 1. The van der Waals surface area contributed by atoms with Crippen LogP contribution in [0.25, 0.3) is 0 Å². The Balaban J connectivity index is 1.72. The maximum atomic E-state index is 13.2. The summed E-state index contributed by atoms with van der Waals surface area (Å²) in [6, 6.07) is 8.41. The van der Waals surface area contributed by atoms with Crippen LogP contribution >= 0.6 is 0 Å². The lowest BCUT2D eigenvalue weighted by molar-refractivity contribution is -0.136. The van der Waals surface area contributed by atoms with Crippen LogP contribution in [0.4, 0.5) is 0 Å². The second-order valence-corrected chi connectivity index (χ2v) is 6.56. The Morgan fingerprint density at radius 2 is 1.72 bits per heavy atom. The average molecular weight is 339 g/mol. The van der Waals surface area contributed by atoms with Gasteiger partial charge in [0.15, 0.2) is 11.9 Å². The molecule has 0 radical (unpaired) electrons. The predicted molar refractivity (Wildman–Crippen MR) is 90.8 cm³/mol. The zero-order valence-electron chi connectivity index (χ0n) is 14.3. The first kappa shape index (κ1) is 15.8. The fourth-order valence-corrected chi connectivity index (χ4v) is 3.67. The first-order valence-corrected chi connectivity index (χ1v) is 8.71. The minimum absolute atomic E-state index is 0.0462. The van der Waals surface area contributed by atoms with Gasteiger partial charge < -0.3 is 14.4 Å². The van der Waals surface area contributed by atoms with Gasteiger partial charge in [-0.15, -0.1) is 10.2 Å². The number of rotatable bonds is 2. The SMILES string of the molecule is Cc1nnc2n1CCN(C(=O)c1ccccc1)C2C(=O)N1CCCC1. The minimum atomic E-state index is -0.694. The molecule has 1 saturated heterocycles. The molecule has 25 heavy (non-hydrogen) atoms. The number of carbonyl (C=O) groups excluding carboxylic acids is 2. The molecule has 2 aliphatic heterocycles. The molecular weight excluding hydrogens is 318 g/mol. The van der Waals surface area contributed by atoms with Gasteiger partial charge in [-0.25, -0.2) is 0 Å². The van der Waals surface area contributed by atoms with Crippen LogP contribution < -0.4 is 0 Å². The number of carbonyl (C=O) groups is 2. The fraction of sp³-hybridized carbons (Fsp3) is 0.444. The first-order valence-electron chi connectivity index (χ1n) is 8.71. The third kappa shape index (κ3) is 2.69. The molecule has 7 nitrogen and oxygen atoms in total. The zero-order chi connectivity index (χ0) is 17.4. The summed E-state index contributed by atoms with van der Waals surface area (Å²) in [5.41, 5.74) is 0.589. The first-order chi connectivity index (χ1) is 12.2. The highest BCUT2D eigenvalue weighted by Crippen LogP contribution is 2.29. The Morgan fingerprint density at radius 1 is 1.00 bits per heavy atom. The van der Waals surface area contributed by atoms with Crippen LogP contribution in [0, 0.1) is 6.92 Å². The smallest absolute Gasteiger partial charge is 0.254 e. The second kappa shape index (κ2) is 6.31. The summed E-state index contributed by atoms with van der Waals surface area (Å²) in [6.07, 6.45) is 2.02. The quantitative estimate of drug-likeness (QED) is 0.829. The highest BCUT2D eigenvalue weighted by Gasteiger charge is 2.41. The molecule has 2 amide bonds. The van der Waals surface area contributed by atoms with Crippen LogP contribution in [0.5, 0.6) is 0 Å². The van der Waals surface area contributed by atoms with E-state index in [0.717, 1.165) is 31.8 Å². The Kier molecular flexibility index (Phi) is 3.99. The molecule has 0 N–H and O–H groups in total. The lowest BCUT2D eigenvalue weighted by Crippen LogP contribution is -2.49. The molecule has 1 unspecified atom stereocenters. The molecule has 1 atom stereocenters. The van der Waals surface area contributed by atoms with Gasteiger partial charge >= 0.3 is 0 Å². The number of aromatic nitrogens is 3. The van der Waals surface area contributed by atoms with E-state index in [1.807, 2.05) is 34.6 Å². The summed E-state index contributed by atoms with van der Waals surface area (Å²) in [4.78, 5) is 29.7. The predicted octanol–water partition coefficient (Wildman–Crippen LogP) is 1.41. The number of likely N-dealkylation sites (tertiary alicyclic amines) is 1. The highest BCUT2D eigenvalue weighted by molar-refractivity contribution is 5.97. The Labute approximate surface area is 146 Å². The van der Waals surface area contributed by atoms with Crippen molar-refractivity contribution in [3.05, 3.63) is 47.5 Å².